The first-order chi connectivity index (χ1) is 12.3. The predicted octanol–water partition coefficient (Wildman–Crippen LogP) is 5.39. The van der Waals surface area contributed by atoms with Gasteiger partial charge in [0.1, 0.15) is 5.71 Å². The summed E-state index contributed by atoms with van der Waals surface area (Å²) in [5.74, 6) is 0.0111. The quantitative estimate of drug-likeness (QED) is 0.405. The van der Waals surface area contributed by atoms with E-state index in [0.29, 0.717) is 11.3 Å². The van der Waals surface area contributed by atoms with Crippen molar-refractivity contribution in [2.75, 3.05) is 0 Å². The highest BCUT2D eigenvalue weighted by Crippen LogP contribution is 2.35. The molecule has 26 heavy (non-hydrogen) atoms. The first-order valence-electron chi connectivity index (χ1n) is 9.35. The van der Waals surface area contributed by atoms with Crippen LogP contribution >= 0.6 is 0 Å². The highest BCUT2D eigenvalue weighted by Gasteiger charge is 2.44. The molecule has 0 radical (unpaired) electrons. The lowest BCUT2D eigenvalue weighted by Crippen LogP contribution is -2.62. The van der Waals surface area contributed by atoms with Gasteiger partial charge in [0.2, 0.25) is 5.78 Å². The Kier molecular flexibility index (Phi) is 5.30. The molecule has 5 heteroatoms. The van der Waals surface area contributed by atoms with E-state index in [0.717, 1.165) is 5.56 Å². The molecular weight excluding hydrogens is 352 g/mol. The first kappa shape index (κ1) is 18.8. The molecule has 0 aliphatic carbocycles. The Morgan fingerprint density at radius 1 is 0.808 bits per heavy atom. The van der Waals surface area contributed by atoms with Crippen molar-refractivity contribution in [3.8, 4) is 0 Å². The molecule has 0 bridgehead atoms. The van der Waals surface area contributed by atoms with Crippen LogP contribution in [-0.2, 0) is 0 Å². The molecule has 0 amide bonds. The van der Waals surface area contributed by atoms with E-state index in [2.05, 4.69) is 30.5 Å². The van der Waals surface area contributed by atoms with Crippen molar-refractivity contribution >= 4 is 28.0 Å². The van der Waals surface area contributed by atoms with E-state index in [9.17, 15) is 4.79 Å². The van der Waals surface area contributed by atoms with Crippen molar-refractivity contribution in [1.29, 1.82) is 0 Å². The second-order valence-electron chi connectivity index (χ2n) is 8.30. The SMILES string of the molecule is C[Si]1(C)CCC[Si](C)(C)N1N=C(C(=O)c1ccccc1)c1ccccc1. The van der Waals surface area contributed by atoms with Crippen molar-refractivity contribution in [3.05, 3.63) is 71.8 Å². The van der Waals surface area contributed by atoms with Gasteiger partial charge in [0.05, 0.1) is 0 Å². The number of Topliss-reactive ketones (excluding diaryl/α,β-unsaturated/α-hetero) is 1. The third kappa shape index (κ3) is 3.89. The van der Waals surface area contributed by atoms with Crippen LogP contribution in [0.15, 0.2) is 65.8 Å². The molecular formula is C21H28N2OSi2. The molecule has 0 unspecified atom stereocenters. The topological polar surface area (TPSA) is 32.7 Å². The van der Waals surface area contributed by atoms with E-state index >= 15 is 0 Å². The Morgan fingerprint density at radius 3 is 1.77 bits per heavy atom. The summed E-state index contributed by atoms with van der Waals surface area (Å²) in [4.78, 5) is 13.3. The molecule has 0 atom stereocenters. The molecule has 2 aromatic carbocycles. The van der Waals surface area contributed by atoms with Gasteiger partial charge in [0.15, 0.2) is 16.5 Å². The van der Waals surface area contributed by atoms with E-state index in [1.165, 1.54) is 18.5 Å². The largest absolute Gasteiger partial charge is 0.349 e. The normalized spacial score (nSPS) is 19.2. The molecule has 1 aliphatic heterocycles. The minimum absolute atomic E-state index is 0.0111. The molecule has 0 saturated carbocycles. The molecule has 3 rings (SSSR count). The van der Waals surface area contributed by atoms with Crippen LogP contribution in [0, 0.1) is 0 Å². The molecule has 136 valence electrons. The van der Waals surface area contributed by atoms with E-state index < -0.39 is 16.5 Å². The molecule has 0 N–H and O–H groups in total. The number of rotatable bonds is 4. The maximum absolute atomic E-state index is 13.3. The monoisotopic (exact) mass is 380 g/mol. The molecule has 2 aromatic rings. The van der Waals surface area contributed by atoms with E-state index in [1.807, 2.05) is 60.7 Å². The first-order valence-corrected chi connectivity index (χ1v) is 15.7. The standard InChI is InChI=1S/C21H28N2OSi2/c1-25(2)16-11-17-26(3,4)23(25)22-20(18-12-7-5-8-13-18)21(24)19-14-9-6-10-15-19/h5-10,12-15H,11,16-17H2,1-4H3. The summed E-state index contributed by atoms with van der Waals surface area (Å²) >= 11 is 0. The van der Waals surface area contributed by atoms with Gasteiger partial charge in [0.25, 0.3) is 0 Å². The van der Waals surface area contributed by atoms with E-state index in [-0.39, 0.29) is 5.78 Å². The smallest absolute Gasteiger partial charge is 0.213 e. The number of hydrogen-bond donors (Lipinski definition) is 0. The Balaban J connectivity index is 2.11. The van der Waals surface area contributed by atoms with E-state index in [4.69, 9.17) is 5.10 Å². The third-order valence-corrected chi connectivity index (χ3v) is 14.5. The minimum atomic E-state index is -1.64. The average molecular weight is 381 g/mol. The molecule has 3 nitrogen and oxygen atoms in total. The number of carbonyl (C=O) groups is 1. The Labute approximate surface area is 158 Å². The fraction of sp³-hybridized carbons (Fsp3) is 0.333. The second kappa shape index (κ2) is 7.33. The van der Waals surface area contributed by atoms with Crippen LogP contribution in [-0.4, -0.2) is 32.3 Å². The Bertz CT molecular complexity index is 785. The maximum Gasteiger partial charge on any atom is 0.213 e. The summed E-state index contributed by atoms with van der Waals surface area (Å²) < 4.78 is 2.44. The fourth-order valence-corrected chi connectivity index (χ4v) is 14.7. The van der Waals surface area contributed by atoms with Gasteiger partial charge in [0, 0.05) is 11.1 Å². The van der Waals surface area contributed by atoms with Crippen molar-refractivity contribution in [2.45, 2.75) is 44.7 Å². The number of nitrogens with zero attached hydrogens (tertiary/aromatic N) is 2. The highest BCUT2D eigenvalue weighted by atomic mass is 28.4. The van der Waals surface area contributed by atoms with Crippen LogP contribution in [0.25, 0.3) is 0 Å². The summed E-state index contributed by atoms with van der Waals surface area (Å²) in [5.41, 5.74) is 2.19. The highest BCUT2D eigenvalue weighted by molar-refractivity contribution is 6.91. The van der Waals surface area contributed by atoms with Crippen LogP contribution in [0.5, 0.6) is 0 Å². The van der Waals surface area contributed by atoms with Crippen LogP contribution in [0.2, 0.25) is 38.3 Å². The third-order valence-electron chi connectivity index (χ3n) is 5.22. The fourth-order valence-electron chi connectivity index (χ4n) is 3.91. The van der Waals surface area contributed by atoms with Gasteiger partial charge >= 0.3 is 0 Å². The summed E-state index contributed by atoms with van der Waals surface area (Å²) in [5, 5.41) is 5.11. The van der Waals surface area contributed by atoms with Gasteiger partial charge in [-0.25, -0.2) is 0 Å². The zero-order chi connectivity index (χ0) is 18.8. The van der Waals surface area contributed by atoms with Gasteiger partial charge in [-0.05, 0) is 12.1 Å². The molecule has 1 saturated heterocycles. The van der Waals surface area contributed by atoms with Gasteiger partial charge in [-0.1, -0.05) is 93.3 Å². The maximum atomic E-state index is 13.3. The summed E-state index contributed by atoms with van der Waals surface area (Å²) in [6.07, 6.45) is 1.30. The van der Waals surface area contributed by atoms with Crippen molar-refractivity contribution in [2.24, 2.45) is 5.10 Å². The number of hydrazone groups is 1. The number of carbonyl (C=O) groups excluding carboxylic acids is 1. The zero-order valence-corrected chi connectivity index (χ0v) is 18.2. The number of hydrogen-bond acceptors (Lipinski definition) is 3. The minimum Gasteiger partial charge on any atom is -0.349 e. The Hall–Kier alpha value is -1.99. The van der Waals surface area contributed by atoms with E-state index in [1.54, 1.807) is 0 Å². The Morgan fingerprint density at radius 2 is 1.27 bits per heavy atom. The van der Waals surface area contributed by atoms with Crippen molar-refractivity contribution in [1.82, 2.24) is 4.34 Å². The zero-order valence-electron chi connectivity index (χ0n) is 16.2. The molecule has 1 fully saturated rings. The van der Waals surface area contributed by atoms with Crippen molar-refractivity contribution < 1.29 is 4.79 Å². The van der Waals surface area contributed by atoms with Gasteiger partial charge in [-0.15, -0.1) is 0 Å². The van der Waals surface area contributed by atoms with Crippen molar-refractivity contribution in [3.63, 3.8) is 0 Å². The molecule has 1 heterocycles. The summed E-state index contributed by atoms with van der Waals surface area (Å²) in [7, 11) is -3.28. The van der Waals surface area contributed by atoms with Crippen LogP contribution in [0.1, 0.15) is 22.3 Å². The van der Waals surface area contributed by atoms with Crippen LogP contribution in [0.4, 0.5) is 0 Å². The van der Waals surface area contributed by atoms with Gasteiger partial charge in [-0.2, -0.15) is 5.10 Å². The molecule has 1 aliphatic rings. The number of ketones is 1. The molecule has 0 spiro atoms. The second-order valence-corrected chi connectivity index (χ2v) is 17.8. The predicted molar refractivity (Wildman–Crippen MR) is 115 cm³/mol. The summed E-state index contributed by atoms with van der Waals surface area (Å²) in [6.45, 7) is 9.56. The van der Waals surface area contributed by atoms with Gasteiger partial charge in [-0.3, -0.25) is 4.79 Å². The molecule has 0 aromatic heterocycles. The summed E-state index contributed by atoms with van der Waals surface area (Å²) in [6, 6.07) is 21.9. The van der Waals surface area contributed by atoms with Gasteiger partial charge < -0.3 is 4.34 Å². The van der Waals surface area contributed by atoms with Crippen LogP contribution in [0.3, 0.4) is 0 Å². The average Bonchev–Trinajstić information content (AvgIpc) is 2.62. The van der Waals surface area contributed by atoms with Crippen LogP contribution < -0.4 is 0 Å². The number of benzene rings is 2. The lowest BCUT2D eigenvalue weighted by atomic mass is 10.0. The lowest BCUT2D eigenvalue weighted by Gasteiger charge is -2.49. The lowest BCUT2D eigenvalue weighted by molar-refractivity contribution is 0.106.